The molecule has 20 heavy (non-hydrogen) atoms. The maximum Gasteiger partial charge on any atom is 0.324 e. The van der Waals surface area contributed by atoms with E-state index in [1.54, 1.807) is 7.11 Å². The largest absolute Gasteiger partial charge is 0.463 e. The minimum absolute atomic E-state index is 0.279. The maximum atomic E-state index is 5.49. The summed E-state index contributed by atoms with van der Waals surface area (Å²) in [5.41, 5.74) is 0. The van der Waals surface area contributed by atoms with Crippen LogP contribution in [0.15, 0.2) is 0 Å². The number of methoxy groups -OCH3 is 1. The lowest BCUT2D eigenvalue weighted by atomic mass is 10.5. The summed E-state index contributed by atoms with van der Waals surface area (Å²) in [6.07, 6.45) is 2.67. The molecule has 0 saturated heterocycles. The number of anilines is 1. The van der Waals surface area contributed by atoms with E-state index in [-0.39, 0.29) is 6.01 Å². The van der Waals surface area contributed by atoms with Crippen LogP contribution in [-0.4, -0.2) is 48.4 Å². The minimum atomic E-state index is 0.279. The van der Waals surface area contributed by atoms with E-state index < -0.39 is 0 Å². The van der Waals surface area contributed by atoms with Crippen molar-refractivity contribution in [3.05, 3.63) is 0 Å². The van der Waals surface area contributed by atoms with E-state index in [1.165, 1.54) is 0 Å². The van der Waals surface area contributed by atoms with Gasteiger partial charge in [-0.2, -0.15) is 9.97 Å². The van der Waals surface area contributed by atoms with Crippen LogP contribution in [0.3, 0.4) is 0 Å². The van der Waals surface area contributed by atoms with Crippen LogP contribution < -0.4 is 14.8 Å². The summed E-state index contributed by atoms with van der Waals surface area (Å²) < 4.78 is 15.9. The molecule has 7 nitrogen and oxygen atoms in total. The van der Waals surface area contributed by atoms with Crippen LogP contribution in [0.5, 0.6) is 12.0 Å². The van der Waals surface area contributed by atoms with E-state index in [1.807, 2.05) is 6.92 Å². The fraction of sp³-hybridized carbons (Fsp3) is 0.769. The van der Waals surface area contributed by atoms with Gasteiger partial charge in [-0.05, 0) is 12.8 Å². The van der Waals surface area contributed by atoms with Gasteiger partial charge in [-0.25, -0.2) is 0 Å². The summed E-state index contributed by atoms with van der Waals surface area (Å²) >= 11 is 0. The number of rotatable bonds is 11. The summed E-state index contributed by atoms with van der Waals surface area (Å²) in [7, 11) is 1.66. The summed E-state index contributed by atoms with van der Waals surface area (Å²) in [4.78, 5) is 12.5. The summed E-state index contributed by atoms with van der Waals surface area (Å²) in [5.74, 6) is 0.481. The maximum absolute atomic E-state index is 5.49. The number of nitrogens with zero attached hydrogens (tertiary/aromatic N) is 3. The Balaban J connectivity index is 2.64. The lowest BCUT2D eigenvalue weighted by Gasteiger charge is -2.09. The number of hydrogen-bond acceptors (Lipinski definition) is 7. The van der Waals surface area contributed by atoms with Gasteiger partial charge in [0.1, 0.15) is 0 Å². The van der Waals surface area contributed by atoms with Crippen molar-refractivity contribution in [2.24, 2.45) is 0 Å². The molecule has 0 radical (unpaired) electrons. The van der Waals surface area contributed by atoms with Crippen LogP contribution in [0.1, 0.15) is 33.1 Å². The first-order chi connectivity index (χ1) is 9.80. The Morgan fingerprint density at radius 2 is 1.60 bits per heavy atom. The third kappa shape index (κ3) is 6.51. The van der Waals surface area contributed by atoms with Gasteiger partial charge in [0, 0.05) is 26.7 Å². The minimum Gasteiger partial charge on any atom is -0.463 e. The average Bonchev–Trinajstić information content (AvgIpc) is 2.47. The van der Waals surface area contributed by atoms with Crippen molar-refractivity contribution in [3.63, 3.8) is 0 Å². The highest BCUT2D eigenvalue weighted by Gasteiger charge is 2.08. The molecule has 0 fully saturated rings. The van der Waals surface area contributed by atoms with Crippen molar-refractivity contribution in [2.45, 2.75) is 33.1 Å². The Kier molecular flexibility index (Phi) is 8.37. The van der Waals surface area contributed by atoms with Gasteiger partial charge in [-0.1, -0.05) is 13.8 Å². The lowest BCUT2D eigenvalue weighted by molar-refractivity contribution is 0.167. The van der Waals surface area contributed by atoms with Crippen molar-refractivity contribution in [3.8, 4) is 12.0 Å². The second kappa shape index (κ2) is 10.2. The number of ether oxygens (including phenoxy) is 3. The molecular weight excluding hydrogens is 260 g/mol. The highest BCUT2D eigenvalue weighted by atomic mass is 16.5. The predicted octanol–water partition coefficient (Wildman–Crippen LogP) is 1.90. The molecule has 0 aliphatic heterocycles. The summed E-state index contributed by atoms with van der Waals surface area (Å²) in [5, 5.41) is 3.11. The Bertz CT molecular complexity index is 350. The highest BCUT2D eigenvalue weighted by molar-refractivity contribution is 5.27. The fourth-order valence-corrected chi connectivity index (χ4v) is 1.34. The van der Waals surface area contributed by atoms with Gasteiger partial charge in [0.25, 0.3) is 0 Å². The molecule has 7 heteroatoms. The molecule has 0 unspecified atom stereocenters. The van der Waals surface area contributed by atoms with E-state index in [0.717, 1.165) is 25.8 Å². The molecule has 114 valence electrons. The molecule has 1 rings (SSSR count). The Morgan fingerprint density at radius 3 is 2.20 bits per heavy atom. The van der Waals surface area contributed by atoms with Gasteiger partial charge >= 0.3 is 12.0 Å². The van der Waals surface area contributed by atoms with Crippen molar-refractivity contribution >= 4 is 5.95 Å². The molecule has 1 heterocycles. The Hall–Kier alpha value is -1.63. The van der Waals surface area contributed by atoms with E-state index in [0.29, 0.717) is 31.8 Å². The summed E-state index contributed by atoms with van der Waals surface area (Å²) in [6, 6.07) is 0.572. The normalized spacial score (nSPS) is 10.3. The van der Waals surface area contributed by atoms with Crippen molar-refractivity contribution < 1.29 is 14.2 Å². The molecule has 1 aromatic rings. The second-order valence-corrected chi connectivity index (χ2v) is 4.19. The average molecular weight is 284 g/mol. The fourth-order valence-electron chi connectivity index (χ4n) is 1.34. The van der Waals surface area contributed by atoms with Gasteiger partial charge in [0.2, 0.25) is 5.95 Å². The Morgan fingerprint density at radius 1 is 0.900 bits per heavy atom. The van der Waals surface area contributed by atoms with E-state index in [9.17, 15) is 0 Å². The van der Waals surface area contributed by atoms with Crippen LogP contribution in [0.2, 0.25) is 0 Å². The molecular formula is C13H24N4O3. The molecule has 0 aliphatic carbocycles. The van der Waals surface area contributed by atoms with Crippen molar-refractivity contribution in [2.75, 3.05) is 38.8 Å². The SMILES string of the molecule is CCCNc1nc(OCCC)nc(OCCCOC)n1. The number of aromatic nitrogens is 3. The molecule has 1 N–H and O–H groups in total. The van der Waals surface area contributed by atoms with Crippen LogP contribution in [0, 0.1) is 0 Å². The van der Waals surface area contributed by atoms with E-state index >= 15 is 0 Å². The number of hydrogen-bond donors (Lipinski definition) is 1. The quantitative estimate of drug-likeness (QED) is 0.622. The summed E-state index contributed by atoms with van der Waals surface area (Å²) in [6.45, 7) is 6.61. The Labute approximate surface area is 120 Å². The molecule has 0 bridgehead atoms. The molecule has 0 spiro atoms. The molecule has 1 aromatic heterocycles. The zero-order valence-electron chi connectivity index (χ0n) is 12.5. The topological polar surface area (TPSA) is 78.4 Å². The van der Waals surface area contributed by atoms with E-state index in [4.69, 9.17) is 14.2 Å². The van der Waals surface area contributed by atoms with Gasteiger partial charge in [-0.3, -0.25) is 0 Å². The van der Waals surface area contributed by atoms with Crippen molar-refractivity contribution in [1.29, 1.82) is 0 Å². The zero-order chi connectivity index (χ0) is 14.6. The van der Waals surface area contributed by atoms with Gasteiger partial charge in [0.15, 0.2) is 0 Å². The molecule has 0 aliphatic rings. The molecule has 0 aromatic carbocycles. The van der Waals surface area contributed by atoms with Gasteiger partial charge in [-0.15, -0.1) is 4.98 Å². The van der Waals surface area contributed by atoms with Crippen LogP contribution in [0.25, 0.3) is 0 Å². The van der Waals surface area contributed by atoms with Gasteiger partial charge < -0.3 is 19.5 Å². The third-order valence-corrected chi connectivity index (χ3v) is 2.29. The lowest BCUT2D eigenvalue weighted by Crippen LogP contribution is -2.11. The first-order valence-corrected chi connectivity index (χ1v) is 7.04. The monoisotopic (exact) mass is 284 g/mol. The molecule has 0 atom stereocenters. The first-order valence-electron chi connectivity index (χ1n) is 7.04. The third-order valence-electron chi connectivity index (χ3n) is 2.29. The zero-order valence-corrected chi connectivity index (χ0v) is 12.5. The van der Waals surface area contributed by atoms with Gasteiger partial charge in [0.05, 0.1) is 13.2 Å². The standard InChI is InChI=1S/C13H24N4O3/c1-4-7-14-11-15-12(19-8-5-2)17-13(16-11)20-10-6-9-18-3/h4-10H2,1-3H3,(H,14,15,16,17). The molecule has 0 saturated carbocycles. The van der Waals surface area contributed by atoms with Crippen LogP contribution in [-0.2, 0) is 4.74 Å². The number of nitrogens with one attached hydrogen (secondary N) is 1. The van der Waals surface area contributed by atoms with E-state index in [2.05, 4.69) is 27.2 Å². The van der Waals surface area contributed by atoms with Crippen molar-refractivity contribution in [1.82, 2.24) is 15.0 Å². The predicted molar refractivity (Wildman–Crippen MR) is 76.4 cm³/mol. The first kappa shape index (κ1) is 16.4. The second-order valence-electron chi connectivity index (χ2n) is 4.19. The van der Waals surface area contributed by atoms with Crippen LogP contribution in [0.4, 0.5) is 5.95 Å². The molecule has 0 amide bonds. The van der Waals surface area contributed by atoms with Crippen LogP contribution >= 0.6 is 0 Å². The smallest absolute Gasteiger partial charge is 0.324 e. The highest BCUT2D eigenvalue weighted by Crippen LogP contribution is 2.13.